The predicted molar refractivity (Wildman–Crippen MR) is 83.2 cm³/mol. The van der Waals surface area contributed by atoms with E-state index in [9.17, 15) is 74.6 Å². The summed E-state index contributed by atoms with van der Waals surface area (Å²) in [7, 11) is 0. The van der Waals surface area contributed by atoms with Crippen LogP contribution >= 0.6 is 0 Å². The Morgan fingerprint density at radius 3 is 1.26 bits per heavy atom. The van der Waals surface area contributed by atoms with E-state index >= 15 is 0 Å². The van der Waals surface area contributed by atoms with Gasteiger partial charge in [0.05, 0.1) is 0 Å². The van der Waals surface area contributed by atoms with E-state index in [-0.39, 0.29) is 5.56 Å². The van der Waals surface area contributed by atoms with Crippen molar-refractivity contribution in [3.8, 4) is 11.8 Å². The minimum absolute atomic E-state index is 0.0620. The molecule has 35 heavy (non-hydrogen) atoms. The topological polar surface area (TPSA) is 0 Å². The molecule has 0 saturated heterocycles. The first-order chi connectivity index (χ1) is 15.3. The Hall–Kier alpha value is -2.41. The van der Waals surface area contributed by atoms with Gasteiger partial charge < -0.3 is 0 Å². The van der Waals surface area contributed by atoms with Gasteiger partial charge in [0.1, 0.15) is 0 Å². The van der Waals surface area contributed by atoms with Crippen molar-refractivity contribution in [2.24, 2.45) is 0 Å². The molecule has 17 heteroatoms. The summed E-state index contributed by atoms with van der Waals surface area (Å²) in [5.74, 6) is -52.4. The van der Waals surface area contributed by atoms with Gasteiger partial charge in [-0.2, -0.15) is 74.6 Å². The van der Waals surface area contributed by atoms with Crippen molar-refractivity contribution in [1.29, 1.82) is 0 Å². The molecule has 0 amide bonds. The van der Waals surface area contributed by atoms with E-state index in [1.807, 2.05) is 5.92 Å². The van der Waals surface area contributed by atoms with Crippen LogP contribution in [0.15, 0.2) is 30.3 Å². The minimum Gasteiger partial charge on any atom is -0.200 e. The predicted octanol–water partition coefficient (Wildman–Crippen LogP) is 7.83. The van der Waals surface area contributed by atoms with Crippen LogP contribution in [-0.2, 0) is 0 Å². The number of alkyl halides is 17. The normalized spacial score (nSPS) is 15.0. The van der Waals surface area contributed by atoms with Gasteiger partial charge in [0.15, 0.2) is 0 Å². The molecule has 0 nitrogen and oxygen atoms in total. The van der Waals surface area contributed by atoms with Crippen LogP contribution in [0, 0.1) is 11.8 Å². The van der Waals surface area contributed by atoms with E-state index in [0.717, 1.165) is 0 Å². The van der Waals surface area contributed by atoms with Crippen molar-refractivity contribution in [3.05, 3.63) is 35.9 Å². The number of benzene rings is 1. The fourth-order valence-corrected chi connectivity index (χ4v) is 2.26. The van der Waals surface area contributed by atoms with Crippen LogP contribution in [0.4, 0.5) is 74.6 Å². The fraction of sp³-hybridized carbons (Fsp3) is 0.556. The Bertz CT molecular complexity index is 931. The smallest absolute Gasteiger partial charge is 0.200 e. The van der Waals surface area contributed by atoms with Crippen LogP contribution in [0.3, 0.4) is 0 Å². The first-order valence-electron chi connectivity index (χ1n) is 8.58. The zero-order valence-corrected chi connectivity index (χ0v) is 16.2. The summed E-state index contributed by atoms with van der Waals surface area (Å²) in [5.41, 5.74) is 0.0620. The third-order valence-electron chi connectivity index (χ3n) is 4.36. The van der Waals surface area contributed by atoms with Crippen LogP contribution in [0.1, 0.15) is 18.4 Å². The Morgan fingerprint density at radius 1 is 0.486 bits per heavy atom. The van der Waals surface area contributed by atoms with Crippen molar-refractivity contribution in [1.82, 2.24) is 0 Å². The second-order valence-electron chi connectivity index (χ2n) is 6.82. The average molecular weight is 548 g/mol. The number of hydrogen-bond acceptors (Lipinski definition) is 0. The monoisotopic (exact) mass is 548 g/mol. The molecule has 0 aliphatic rings. The van der Waals surface area contributed by atoms with Crippen molar-refractivity contribution in [2.45, 2.75) is 60.5 Å². The van der Waals surface area contributed by atoms with Gasteiger partial charge >= 0.3 is 47.6 Å². The first kappa shape index (κ1) is 30.6. The molecule has 0 radical (unpaired) electrons. The fourth-order valence-electron chi connectivity index (χ4n) is 2.26. The summed E-state index contributed by atoms with van der Waals surface area (Å²) < 4.78 is 223. The lowest BCUT2D eigenvalue weighted by Gasteiger charge is -2.42. The lowest BCUT2D eigenvalue weighted by molar-refractivity contribution is -0.461. The van der Waals surface area contributed by atoms with E-state index in [1.54, 1.807) is 5.92 Å². The van der Waals surface area contributed by atoms with Gasteiger partial charge in [0.2, 0.25) is 0 Å². The average Bonchev–Trinajstić information content (AvgIpc) is 2.70. The maximum absolute atomic E-state index is 13.7. The summed E-state index contributed by atoms with van der Waals surface area (Å²) >= 11 is 0. The maximum atomic E-state index is 13.7. The molecular weight excluding hydrogens is 539 g/mol. The first-order valence-corrected chi connectivity index (χ1v) is 8.58. The lowest BCUT2D eigenvalue weighted by Crippen LogP contribution is -2.74. The molecule has 0 unspecified atom stereocenters. The quantitative estimate of drug-likeness (QED) is 0.230. The highest BCUT2D eigenvalue weighted by Crippen LogP contribution is 2.64. The van der Waals surface area contributed by atoms with Gasteiger partial charge in [-0.3, -0.25) is 0 Å². The van der Waals surface area contributed by atoms with Crippen LogP contribution in [0.5, 0.6) is 0 Å². The van der Waals surface area contributed by atoms with E-state index in [2.05, 4.69) is 0 Å². The summed E-state index contributed by atoms with van der Waals surface area (Å²) in [5, 5.41) is 0. The third kappa shape index (κ3) is 4.72. The van der Waals surface area contributed by atoms with Crippen molar-refractivity contribution in [3.63, 3.8) is 0 Å². The summed E-state index contributed by atoms with van der Waals surface area (Å²) in [6, 6.07) is 6.65. The van der Waals surface area contributed by atoms with Gasteiger partial charge in [0.25, 0.3) is 0 Å². The molecule has 0 N–H and O–H groups in total. The summed E-state index contributed by atoms with van der Waals surface area (Å²) in [6.45, 7) is 0. The molecule has 0 aliphatic heterocycles. The van der Waals surface area contributed by atoms with E-state index in [0.29, 0.717) is 0 Å². The van der Waals surface area contributed by atoms with Crippen molar-refractivity contribution < 1.29 is 74.6 Å². The van der Waals surface area contributed by atoms with Gasteiger partial charge in [-0.15, -0.1) is 0 Å². The Labute approximate surface area is 184 Å². The van der Waals surface area contributed by atoms with Crippen molar-refractivity contribution in [2.75, 3.05) is 0 Å². The molecule has 0 atom stereocenters. The van der Waals surface area contributed by atoms with Crippen molar-refractivity contribution >= 4 is 0 Å². The minimum atomic E-state index is -8.62. The largest absolute Gasteiger partial charge is 0.460 e. The number of halogens is 17. The number of hydrogen-bond donors (Lipinski definition) is 0. The Morgan fingerprint density at radius 2 is 0.857 bits per heavy atom. The Balaban J connectivity index is 3.37. The van der Waals surface area contributed by atoms with E-state index < -0.39 is 60.5 Å². The molecule has 0 spiro atoms. The van der Waals surface area contributed by atoms with Gasteiger partial charge in [0, 0.05) is 18.4 Å². The number of rotatable bonds is 8. The van der Waals surface area contributed by atoms with Gasteiger partial charge in [-0.25, -0.2) is 0 Å². The SMILES string of the molecule is FC(F)(F)C(F)(F)C(F)(F)C(F)(F)C(F)(F)C(F)(F)C(F)(F)C(F)(F)CCC#Cc1ccccc1. The Kier molecular flexibility index (Phi) is 7.80. The summed E-state index contributed by atoms with van der Waals surface area (Å²) in [6.07, 6.45) is -11.8. The van der Waals surface area contributed by atoms with Crippen LogP contribution in [0.2, 0.25) is 0 Å². The molecule has 0 fully saturated rings. The summed E-state index contributed by atoms with van der Waals surface area (Å²) in [4.78, 5) is 0. The second-order valence-corrected chi connectivity index (χ2v) is 6.82. The molecular formula is C18H9F17. The van der Waals surface area contributed by atoms with E-state index in [4.69, 9.17) is 0 Å². The van der Waals surface area contributed by atoms with Crippen LogP contribution in [-0.4, -0.2) is 47.6 Å². The molecule has 0 aliphatic carbocycles. The van der Waals surface area contributed by atoms with E-state index in [1.165, 1.54) is 30.3 Å². The molecule has 0 aromatic heterocycles. The zero-order valence-electron chi connectivity index (χ0n) is 16.2. The van der Waals surface area contributed by atoms with Crippen LogP contribution < -0.4 is 0 Å². The highest BCUT2D eigenvalue weighted by Gasteiger charge is 2.95. The molecule has 0 heterocycles. The zero-order chi connectivity index (χ0) is 27.9. The molecule has 0 saturated carbocycles. The van der Waals surface area contributed by atoms with Gasteiger partial charge in [-0.05, 0) is 12.1 Å². The third-order valence-corrected chi connectivity index (χ3v) is 4.36. The molecule has 1 rings (SSSR count). The van der Waals surface area contributed by atoms with Gasteiger partial charge in [-0.1, -0.05) is 30.0 Å². The maximum Gasteiger partial charge on any atom is 0.460 e. The molecule has 200 valence electrons. The standard InChI is InChI=1S/C18H9F17/c19-11(20,9-5-4-8-10-6-2-1-3-7-10)12(21,22)13(23,24)14(25,26)15(27,28)16(29,30)17(31,32)18(33,34)35/h1-3,6-7H,5,9H2. The molecule has 1 aromatic carbocycles. The highest BCUT2D eigenvalue weighted by molar-refractivity contribution is 5.33. The molecule has 1 aromatic rings. The second kappa shape index (κ2) is 8.91. The lowest BCUT2D eigenvalue weighted by atomic mass is 9.88. The highest BCUT2D eigenvalue weighted by atomic mass is 19.4. The molecule has 0 bridgehead atoms. The van der Waals surface area contributed by atoms with Crippen LogP contribution in [0.25, 0.3) is 0 Å².